The Morgan fingerprint density at radius 2 is 1.57 bits per heavy atom. The van der Waals surface area contributed by atoms with E-state index in [4.69, 9.17) is 0 Å². The summed E-state index contributed by atoms with van der Waals surface area (Å²) in [6.07, 6.45) is 1.75. The van der Waals surface area contributed by atoms with Gasteiger partial charge in [0.15, 0.2) is 0 Å². The van der Waals surface area contributed by atoms with E-state index in [-0.39, 0.29) is 18.0 Å². The standard InChI is InChI=1S/C18H22N2O/c1-13(2)20(14(3)4)18(21)16-10-6-5-9-15(16)17-11-7-8-12-19-17/h5-14H,1-4H3. The van der Waals surface area contributed by atoms with Crippen LogP contribution in [0.3, 0.4) is 0 Å². The predicted octanol–water partition coefficient (Wildman–Crippen LogP) is 4.01. The summed E-state index contributed by atoms with van der Waals surface area (Å²) in [5.41, 5.74) is 2.42. The Balaban J connectivity index is 2.48. The summed E-state index contributed by atoms with van der Waals surface area (Å²) in [6.45, 7) is 8.17. The normalized spacial score (nSPS) is 11.0. The van der Waals surface area contributed by atoms with E-state index in [2.05, 4.69) is 4.98 Å². The van der Waals surface area contributed by atoms with Crippen LogP contribution in [-0.4, -0.2) is 27.9 Å². The average Bonchev–Trinajstić information content (AvgIpc) is 2.47. The Morgan fingerprint density at radius 3 is 2.14 bits per heavy atom. The molecule has 1 heterocycles. The summed E-state index contributed by atoms with van der Waals surface area (Å²) in [7, 11) is 0. The number of hydrogen-bond donors (Lipinski definition) is 0. The number of nitrogens with zero attached hydrogens (tertiary/aromatic N) is 2. The maximum absolute atomic E-state index is 12.9. The first-order valence-corrected chi connectivity index (χ1v) is 7.35. The topological polar surface area (TPSA) is 33.2 Å². The van der Waals surface area contributed by atoms with Crippen LogP contribution in [0, 0.1) is 0 Å². The number of aromatic nitrogens is 1. The highest BCUT2D eigenvalue weighted by Gasteiger charge is 2.23. The molecule has 0 atom stereocenters. The van der Waals surface area contributed by atoms with E-state index in [9.17, 15) is 4.79 Å². The largest absolute Gasteiger partial charge is 0.334 e. The monoisotopic (exact) mass is 282 g/mol. The molecule has 0 N–H and O–H groups in total. The van der Waals surface area contributed by atoms with Crippen molar-refractivity contribution >= 4 is 5.91 Å². The zero-order chi connectivity index (χ0) is 15.4. The molecular weight excluding hydrogens is 260 g/mol. The molecule has 0 radical (unpaired) electrons. The molecule has 2 aromatic rings. The Labute approximate surface area is 126 Å². The summed E-state index contributed by atoms with van der Waals surface area (Å²) in [5.74, 6) is 0.0567. The minimum absolute atomic E-state index is 0.0567. The van der Waals surface area contributed by atoms with Crippen molar-refractivity contribution in [1.82, 2.24) is 9.88 Å². The Morgan fingerprint density at radius 1 is 0.952 bits per heavy atom. The molecule has 21 heavy (non-hydrogen) atoms. The molecular formula is C18H22N2O. The van der Waals surface area contributed by atoms with Gasteiger partial charge in [0.2, 0.25) is 0 Å². The Bertz CT molecular complexity index is 598. The van der Waals surface area contributed by atoms with Gasteiger partial charge in [0.25, 0.3) is 5.91 Å². The van der Waals surface area contributed by atoms with Crippen molar-refractivity contribution in [2.45, 2.75) is 39.8 Å². The van der Waals surface area contributed by atoms with Crippen molar-refractivity contribution in [3.63, 3.8) is 0 Å². The van der Waals surface area contributed by atoms with E-state index in [0.29, 0.717) is 5.56 Å². The average molecular weight is 282 g/mol. The van der Waals surface area contributed by atoms with E-state index in [1.165, 1.54) is 0 Å². The second kappa shape index (κ2) is 6.53. The molecule has 0 fully saturated rings. The van der Waals surface area contributed by atoms with Gasteiger partial charge in [-0.1, -0.05) is 24.3 Å². The molecule has 0 aliphatic heterocycles. The van der Waals surface area contributed by atoms with Crippen LogP contribution >= 0.6 is 0 Å². The highest BCUT2D eigenvalue weighted by molar-refractivity contribution is 6.00. The summed E-state index contributed by atoms with van der Waals surface area (Å²) < 4.78 is 0. The van der Waals surface area contributed by atoms with Gasteiger partial charge < -0.3 is 4.90 Å². The van der Waals surface area contributed by atoms with Crippen LogP contribution in [0.5, 0.6) is 0 Å². The molecule has 3 heteroatoms. The van der Waals surface area contributed by atoms with Gasteiger partial charge in [0.05, 0.1) is 5.69 Å². The van der Waals surface area contributed by atoms with Gasteiger partial charge in [-0.05, 0) is 45.9 Å². The van der Waals surface area contributed by atoms with Crippen molar-refractivity contribution in [3.05, 3.63) is 54.2 Å². The van der Waals surface area contributed by atoms with Crippen LogP contribution in [0.1, 0.15) is 38.1 Å². The summed E-state index contributed by atoms with van der Waals surface area (Å²) >= 11 is 0. The third-order valence-electron chi connectivity index (χ3n) is 3.45. The van der Waals surface area contributed by atoms with Gasteiger partial charge >= 0.3 is 0 Å². The van der Waals surface area contributed by atoms with Crippen molar-refractivity contribution in [3.8, 4) is 11.3 Å². The van der Waals surface area contributed by atoms with Gasteiger partial charge in [-0.3, -0.25) is 9.78 Å². The molecule has 1 aromatic heterocycles. The lowest BCUT2D eigenvalue weighted by Crippen LogP contribution is -2.42. The molecule has 0 saturated carbocycles. The maximum Gasteiger partial charge on any atom is 0.255 e. The summed E-state index contributed by atoms with van der Waals surface area (Å²) in [4.78, 5) is 19.2. The summed E-state index contributed by atoms with van der Waals surface area (Å²) in [6, 6.07) is 13.7. The minimum atomic E-state index is 0.0567. The van der Waals surface area contributed by atoms with Gasteiger partial charge in [0.1, 0.15) is 0 Å². The lowest BCUT2D eigenvalue weighted by atomic mass is 10.0. The molecule has 3 nitrogen and oxygen atoms in total. The highest BCUT2D eigenvalue weighted by Crippen LogP contribution is 2.24. The number of rotatable bonds is 4. The van der Waals surface area contributed by atoms with Gasteiger partial charge in [-0.2, -0.15) is 0 Å². The zero-order valence-corrected chi connectivity index (χ0v) is 13.1. The SMILES string of the molecule is CC(C)N(C(=O)c1ccccc1-c1ccccn1)C(C)C. The fourth-order valence-electron chi connectivity index (χ4n) is 2.62. The number of carbonyl (C=O) groups excluding carboxylic acids is 1. The lowest BCUT2D eigenvalue weighted by molar-refractivity contribution is 0.0644. The van der Waals surface area contributed by atoms with Crippen LogP contribution in [-0.2, 0) is 0 Å². The fraction of sp³-hybridized carbons (Fsp3) is 0.333. The Kier molecular flexibility index (Phi) is 4.73. The number of pyridine rings is 1. The second-order valence-electron chi connectivity index (χ2n) is 5.66. The molecule has 0 saturated heterocycles. The molecule has 0 spiro atoms. The second-order valence-corrected chi connectivity index (χ2v) is 5.66. The number of hydrogen-bond acceptors (Lipinski definition) is 2. The van der Waals surface area contributed by atoms with Gasteiger partial charge in [-0.15, -0.1) is 0 Å². The van der Waals surface area contributed by atoms with Crippen molar-refractivity contribution in [2.24, 2.45) is 0 Å². The van der Waals surface area contributed by atoms with Crippen molar-refractivity contribution in [2.75, 3.05) is 0 Å². The number of benzene rings is 1. The third-order valence-corrected chi connectivity index (χ3v) is 3.45. The first-order chi connectivity index (χ1) is 10.0. The molecule has 0 bridgehead atoms. The molecule has 0 unspecified atom stereocenters. The van der Waals surface area contributed by atoms with E-state index in [0.717, 1.165) is 11.3 Å². The molecule has 110 valence electrons. The Hall–Kier alpha value is -2.16. The smallest absolute Gasteiger partial charge is 0.255 e. The molecule has 0 aliphatic carbocycles. The summed E-state index contributed by atoms with van der Waals surface area (Å²) in [5, 5.41) is 0. The molecule has 1 amide bonds. The van der Waals surface area contributed by atoms with Crippen LogP contribution < -0.4 is 0 Å². The predicted molar refractivity (Wildman–Crippen MR) is 86.1 cm³/mol. The first kappa shape index (κ1) is 15.2. The van der Waals surface area contributed by atoms with E-state index >= 15 is 0 Å². The van der Waals surface area contributed by atoms with Crippen molar-refractivity contribution < 1.29 is 4.79 Å². The fourth-order valence-corrected chi connectivity index (χ4v) is 2.62. The molecule has 2 rings (SSSR count). The van der Waals surface area contributed by atoms with Crippen molar-refractivity contribution in [1.29, 1.82) is 0 Å². The minimum Gasteiger partial charge on any atom is -0.334 e. The third kappa shape index (κ3) is 3.30. The number of amides is 1. The van der Waals surface area contributed by atoms with E-state index in [1.807, 2.05) is 75.1 Å². The maximum atomic E-state index is 12.9. The molecule has 0 aliphatic rings. The van der Waals surface area contributed by atoms with Gasteiger partial charge in [0, 0.05) is 29.4 Å². The first-order valence-electron chi connectivity index (χ1n) is 7.35. The highest BCUT2D eigenvalue weighted by atomic mass is 16.2. The van der Waals surface area contributed by atoms with Gasteiger partial charge in [-0.25, -0.2) is 0 Å². The van der Waals surface area contributed by atoms with Crippen LogP contribution in [0.4, 0.5) is 0 Å². The van der Waals surface area contributed by atoms with Crippen LogP contribution in [0.15, 0.2) is 48.7 Å². The van der Waals surface area contributed by atoms with E-state index < -0.39 is 0 Å². The zero-order valence-electron chi connectivity index (χ0n) is 13.1. The van der Waals surface area contributed by atoms with E-state index in [1.54, 1.807) is 6.20 Å². The van der Waals surface area contributed by atoms with Crippen LogP contribution in [0.2, 0.25) is 0 Å². The van der Waals surface area contributed by atoms with Crippen LogP contribution in [0.25, 0.3) is 11.3 Å². The number of carbonyl (C=O) groups is 1. The molecule has 1 aromatic carbocycles. The quantitative estimate of drug-likeness (QED) is 0.849. The lowest BCUT2D eigenvalue weighted by Gasteiger charge is -2.31.